The zero-order valence-corrected chi connectivity index (χ0v) is 12.6. The summed E-state index contributed by atoms with van der Waals surface area (Å²) in [6.07, 6.45) is 1.09. The predicted molar refractivity (Wildman–Crippen MR) is 78.2 cm³/mol. The van der Waals surface area contributed by atoms with Gasteiger partial charge in [-0.2, -0.15) is 0 Å². The summed E-state index contributed by atoms with van der Waals surface area (Å²) in [7, 11) is 0. The van der Waals surface area contributed by atoms with E-state index in [1.807, 2.05) is 0 Å². The first-order valence-corrected chi connectivity index (χ1v) is 7.39. The number of carboxylic acid groups (broad SMARTS) is 1. The maximum absolute atomic E-state index is 13.0. The molecular weight excluding hydrogens is 313 g/mol. The van der Waals surface area contributed by atoms with Crippen LogP contribution in [0, 0.1) is 11.7 Å². The van der Waals surface area contributed by atoms with Crippen LogP contribution in [0.1, 0.15) is 18.4 Å². The van der Waals surface area contributed by atoms with E-state index >= 15 is 0 Å². The standard InChI is InChI=1S/C15H17ClFNO4/c16-12-8-11(17)2-1-10(12)7-13(19)18-14(15(20)21)9-3-5-22-6-4-9/h1-2,8-9,14H,3-7H2,(H,18,19)(H,20,21). The number of amides is 1. The molecule has 7 heteroatoms. The van der Waals surface area contributed by atoms with Crippen LogP contribution in [0.25, 0.3) is 0 Å². The Labute approximate surface area is 132 Å². The Morgan fingerprint density at radius 2 is 2.09 bits per heavy atom. The highest BCUT2D eigenvalue weighted by molar-refractivity contribution is 6.31. The van der Waals surface area contributed by atoms with Crippen LogP contribution >= 0.6 is 11.6 Å². The number of ether oxygens (including phenoxy) is 1. The number of hydrogen-bond donors (Lipinski definition) is 2. The molecule has 0 spiro atoms. The second-order valence-corrected chi connectivity index (χ2v) is 5.65. The van der Waals surface area contributed by atoms with E-state index in [9.17, 15) is 19.1 Å². The van der Waals surface area contributed by atoms with Gasteiger partial charge in [0, 0.05) is 18.2 Å². The van der Waals surface area contributed by atoms with Gasteiger partial charge in [0.05, 0.1) is 6.42 Å². The molecule has 1 unspecified atom stereocenters. The van der Waals surface area contributed by atoms with Crippen LogP contribution in [0.4, 0.5) is 4.39 Å². The molecular formula is C15H17ClFNO4. The average Bonchev–Trinajstić information content (AvgIpc) is 2.48. The van der Waals surface area contributed by atoms with Crippen LogP contribution in [0.15, 0.2) is 18.2 Å². The molecule has 22 heavy (non-hydrogen) atoms. The molecule has 1 amide bonds. The van der Waals surface area contributed by atoms with Crippen LogP contribution in [-0.4, -0.2) is 36.2 Å². The summed E-state index contributed by atoms with van der Waals surface area (Å²) in [4.78, 5) is 23.4. The molecule has 2 N–H and O–H groups in total. The van der Waals surface area contributed by atoms with Gasteiger partial charge in [-0.1, -0.05) is 17.7 Å². The summed E-state index contributed by atoms with van der Waals surface area (Å²) < 4.78 is 18.2. The van der Waals surface area contributed by atoms with Gasteiger partial charge in [-0.25, -0.2) is 9.18 Å². The van der Waals surface area contributed by atoms with Crippen molar-refractivity contribution in [1.82, 2.24) is 5.32 Å². The average molecular weight is 330 g/mol. The highest BCUT2D eigenvalue weighted by Gasteiger charge is 2.31. The highest BCUT2D eigenvalue weighted by atomic mass is 35.5. The van der Waals surface area contributed by atoms with Crippen molar-refractivity contribution in [2.75, 3.05) is 13.2 Å². The summed E-state index contributed by atoms with van der Waals surface area (Å²) >= 11 is 5.87. The Kier molecular flexibility index (Phi) is 5.74. The number of carbonyl (C=O) groups excluding carboxylic acids is 1. The van der Waals surface area contributed by atoms with Gasteiger partial charge >= 0.3 is 5.97 Å². The smallest absolute Gasteiger partial charge is 0.326 e. The van der Waals surface area contributed by atoms with E-state index in [1.165, 1.54) is 12.1 Å². The number of carboxylic acids is 1. The van der Waals surface area contributed by atoms with Gasteiger partial charge in [0.2, 0.25) is 5.91 Å². The lowest BCUT2D eigenvalue weighted by Gasteiger charge is -2.28. The molecule has 120 valence electrons. The molecule has 0 bridgehead atoms. The molecule has 1 atom stereocenters. The van der Waals surface area contributed by atoms with E-state index in [1.54, 1.807) is 0 Å². The zero-order chi connectivity index (χ0) is 16.1. The van der Waals surface area contributed by atoms with Gasteiger partial charge in [-0.3, -0.25) is 4.79 Å². The monoisotopic (exact) mass is 329 g/mol. The zero-order valence-electron chi connectivity index (χ0n) is 11.9. The number of hydrogen-bond acceptors (Lipinski definition) is 3. The number of rotatable bonds is 5. The molecule has 1 aliphatic heterocycles. The Morgan fingerprint density at radius 3 is 2.68 bits per heavy atom. The maximum Gasteiger partial charge on any atom is 0.326 e. The van der Waals surface area contributed by atoms with Crippen molar-refractivity contribution >= 4 is 23.5 Å². The molecule has 0 aromatic heterocycles. The van der Waals surface area contributed by atoms with Gasteiger partial charge < -0.3 is 15.2 Å². The third-order valence-corrected chi connectivity index (χ3v) is 4.04. The normalized spacial score (nSPS) is 17.0. The lowest BCUT2D eigenvalue weighted by molar-refractivity contribution is -0.144. The summed E-state index contributed by atoms with van der Waals surface area (Å²) in [5.41, 5.74) is 0.455. The molecule has 1 aromatic rings. The number of aliphatic carboxylic acids is 1. The molecule has 1 heterocycles. The minimum absolute atomic E-state index is 0.0912. The molecule has 1 saturated heterocycles. The van der Waals surface area contributed by atoms with Crippen molar-refractivity contribution in [2.24, 2.45) is 5.92 Å². The Hall–Kier alpha value is -1.66. The SMILES string of the molecule is O=C(Cc1ccc(F)cc1Cl)NC(C(=O)O)C1CCOCC1. The first kappa shape index (κ1) is 16.7. The second kappa shape index (κ2) is 7.56. The number of benzene rings is 1. The highest BCUT2D eigenvalue weighted by Crippen LogP contribution is 2.20. The first-order chi connectivity index (χ1) is 10.5. The second-order valence-electron chi connectivity index (χ2n) is 5.25. The van der Waals surface area contributed by atoms with Gasteiger partial charge in [0.25, 0.3) is 0 Å². The summed E-state index contributed by atoms with van der Waals surface area (Å²) in [6.45, 7) is 0.988. The van der Waals surface area contributed by atoms with Gasteiger partial charge in [0.1, 0.15) is 11.9 Å². The van der Waals surface area contributed by atoms with E-state index in [2.05, 4.69) is 5.32 Å². The van der Waals surface area contributed by atoms with Crippen LogP contribution in [-0.2, 0) is 20.7 Å². The minimum atomic E-state index is -1.06. The third-order valence-electron chi connectivity index (χ3n) is 3.69. The van der Waals surface area contributed by atoms with Crippen molar-refractivity contribution in [3.63, 3.8) is 0 Å². The van der Waals surface area contributed by atoms with Gasteiger partial charge in [0.15, 0.2) is 0 Å². The fraction of sp³-hybridized carbons (Fsp3) is 0.467. The third kappa shape index (κ3) is 4.42. The summed E-state index contributed by atoms with van der Waals surface area (Å²) in [5.74, 6) is -2.16. The molecule has 2 rings (SSSR count). The van der Waals surface area contributed by atoms with Crippen molar-refractivity contribution in [3.8, 4) is 0 Å². The van der Waals surface area contributed by atoms with Crippen molar-refractivity contribution in [2.45, 2.75) is 25.3 Å². The molecule has 5 nitrogen and oxygen atoms in total. The van der Waals surface area contributed by atoms with Crippen LogP contribution in [0.3, 0.4) is 0 Å². The largest absolute Gasteiger partial charge is 0.480 e. The quantitative estimate of drug-likeness (QED) is 0.866. The Morgan fingerprint density at radius 1 is 1.41 bits per heavy atom. The van der Waals surface area contributed by atoms with E-state index in [4.69, 9.17) is 16.3 Å². The maximum atomic E-state index is 13.0. The van der Waals surface area contributed by atoms with E-state index in [-0.39, 0.29) is 17.4 Å². The topological polar surface area (TPSA) is 75.6 Å². The molecule has 0 radical (unpaired) electrons. The van der Waals surface area contributed by atoms with Crippen molar-refractivity contribution in [3.05, 3.63) is 34.6 Å². The fourth-order valence-corrected chi connectivity index (χ4v) is 2.73. The predicted octanol–water partition coefficient (Wildman–Crippen LogP) is 2.02. The van der Waals surface area contributed by atoms with Gasteiger partial charge in [-0.15, -0.1) is 0 Å². The van der Waals surface area contributed by atoms with E-state index < -0.39 is 23.7 Å². The number of halogens is 2. The Bertz CT molecular complexity index is 560. The molecule has 1 aliphatic rings. The molecule has 1 fully saturated rings. The number of nitrogens with one attached hydrogen (secondary N) is 1. The lowest BCUT2D eigenvalue weighted by Crippen LogP contribution is -2.48. The lowest BCUT2D eigenvalue weighted by atomic mass is 9.91. The molecule has 0 saturated carbocycles. The summed E-state index contributed by atoms with van der Waals surface area (Å²) in [5, 5.41) is 12.0. The molecule has 0 aliphatic carbocycles. The Balaban J connectivity index is 2.00. The van der Waals surface area contributed by atoms with Crippen LogP contribution in [0.2, 0.25) is 5.02 Å². The number of carbonyl (C=O) groups is 2. The first-order valence-electron chi connectivity index (χ1n) is 7.01. The van der Waals surface area contributed by atoms with Crippen LogP contribution < -0.4 is 5.32 Å². The van der Waals surface area contributed by atoms with E-state index in [0.717, 1.165) is 6.07 Å². The van der Waals surface area contributed by atoms with Gasteiger partial charge in [-0.05, 0) is 36.5 Å². The van der Waals surface area contributed by atoms with Crippen molar-refractivity contribution in [1.29, 1.82) is 0 Å². The minimum Gasteiger partial charge on any atom is -0.480 e. The van der Waals surface area contributed by atoms with Crippen LogP contribution in [0.5, 0.6) is 0 Å². The molecule has 1 aromatic carbocycles. The van der Waals surface area contributed by atoms with E-state index in [0.29, 0.717) is 31.6 Å². The van der Waals surface area contributed by atoms with Crippen molar-refractivity contribution < 1.29 is 23.8 Å². The summed E-state index contributed by atoms with van der Waals surface area (Å²) in [6, 6.07) is 2.80. The fourth-order valence-electron chi connectivity index (χ4n) is 2.49.